The van der Waals surface area contributed by atoms with Crippen LogP contribution in [0.1, 0.15) is 18.1 Å². The van der Waals surface area contributed by atoms with Crippen molar-refractivity contribution in [1.29, 1.82) is 0 Å². The van der Waals surface area contributed by atoms with Gasteiger partial charge < -0.3 is 0 Å². The molecule has 0 bridgehead atoms. The Morgan fingerprint density at radius 3 is 2.36 bits per heavy atom. The van der Waals surface area contributed by atoms with Crippen molar-refractivity contribution in [2.45, 2.75) is 26.5 Å². The Hall–Kier alpha value is -0.715. The van der Waals surface area contributed by atoms with Gasteiger partial charge in [0.2, 0.25) is 0 Å². The van der Waals surface area contributed by atoms with E-state index in [1.807, 2.05) is 0 Å². The number of rotatable bonds is 3. The molecule has 0 spiro atoms. The van der Waals surface area contributed by atoms with Crippen molar-refractivity contribution >= 4 is 7.28 Å². The molecule has 1 aromatic rings. The van der Waals surface area contributed by atoms with Crippen LogP contribution in [0.15, 0.2) is 24.3 Å². The number of benzene rings is 1. The summed E-state index contributed by atoms with van der Waals surface area (Å²) in [6, 6.07) is 8.72. The molecule has 1 rings (SSSR count). The second-order valence-electron chi connectivity index (χ2n) is 2.89. The maximum Gasteiger partial charge on any atom is 0.114 e. The highest BCUT2D eigenvalue weighted by Gasteiger charge is 1.91. The minimum atomic E-state index is 1.11. The molecule has 0 aliphatic rings. The van der Waals surface area contributed by atoms with Crippen LogP contribution in [0, 0.1) is 6.92 Å². The fourth-order valence-corrected chi connectivity index (χ4v) is 1.04. The Balaban J connectivity index is 2.52. The summed E-state index contributed by atoms with van der Waals surface area (Å²) in [7, 11) is 2.30. The third kappa shape index (κ3) is 2.79. The molecule has 0 N–H and O–H groups in total. The zero-order valence-corrected chi connectivity index (χ0v) is 7.30. The van der Waals surface area contributed by atoms with E-state index in [2.05, 4.69) is 45.4 Å². The Kier molecular flexibility index (Phi) is 3.22. The van der Waals surface area contributed by atoms with Gasteiger partial charge in [0.15, 0.2) is 0 Å². The van der Waals surface area contributed by atoms with Crippen LogP contribution in [-0.2, 0) is 6.32 Å². The molecule has 1 heteroatoms. The van der Waals surface area contributed by atoms with Gasteiger partial charge >= 0.3 is 0 Å². The highest BCUT2D eigenvalue weighted by atomic mass is 13.9. The maximum absolute atomic E-state index is 2.30. The van der Waals surface area contributed by atoms with Gasteiger partial charge in [-0.1, -0.05) is 55.0 Å². The first kappa shape index (κ1) is 8.38. The molecule has 0 atom stereocenters. The molecule has 0 heterocycles. The molecular formula is C10H14B. The quantitative estimate of drug-likeness (QED) is 0.573. The van der Waals surface area contributed by atoms with Crippen molar-refractivity contribution in [3.05, 3.63) is 35.4 Å². The van der Waals surface area contributed by atoms with Crippen LogP contribution in [0.25, 0.3) is 0 Å². The summed E-state index contributed by atoms with van der Waals surface area (Å²) in [4.78, 5) is 0. The largest absolute Gasteiger partial charge is 0.114 e. The van der Waals surface area contributed by atoms with E-state index in [-0.39, 0.29) is 0 Å². The molecule has 0 saturated carbocycles. The van der Waals surface area contributed by atoms with E-state index >= 15 is 0 Å². The first-order chi connectivity index (χ1) is 5.33. The molecule has 57 valence electrons. The second-order valence-corrected chi connectivity index (χ2v) is 2.89. The van der Waals surface area contributed by atoms with Crippen molar-refractivity contribution in [2.24, 2.45) is 0 Å². The second kappa shape index (κ2) is 4.22. The van der Waals surface area contributed by atoms with E-state index < -0.39 is 0 Å². The first-order valence-electron chi connectivity index (χ1n) is 4.20. The molecule has 0 aliphatic carbocycles. The number of aryl methyl sites for hydroxylation is 1. The molecule has 1 radical (unpaired) electrons. The number of hydrogen-bond acceptors (Lipinski definition) is 0. The predicted octanol–water partition coefficient (Wildman–Crippen LogP) is 2.64. The fourth-order valence-electron chi connectivity index (χ4n) is 1.04. The van der Waals surface area contributed by atoms with E-state index in [0.717, 1.165) is 12.6 Å². The van der Waals surface area contributed by atoms with Crippen molar-refractivity contribution in [1.82, 2.24) is 0 Å². The van der Waals surface area contributed by atoms with Crippen molar-refractivity contribution in [3.63, 3.8) is 0 Å². The highest BCUT2D eigenvalue weighted by Crippen LogP contribution is 2.03. The molecule has 0 aromatic heterocycles. The average Bonchev–Trinajstić information content (AvgIpc) is 2.04. The van der Waals surface area contributed by atoms with E-state index in [0.29, 0.717) is 0 Å². The molecular weight excluding hydrogens is 131 g/mol. The summed E-state index contributed by atoms with van der Waals surface area (Å²) in [6.45, 7) is 4.29. The summed E-state index contributed by atoms with van der Waals surface area (Å²) < 4.78 is 0. The molecule has 0 aliphatic heterocycles. The molecule has 1 aromatic carbocycles. The summed E-state index contributed by atoms with van der Waals surface area (Å²) in [5, 5.41) is 0. The van der Waals surface area contributed by atoms with Crippen molar-refractivity contribution < 1.29 is 0 Å². The smallest absolute Gasteiger partial charge is 0.0827 e. The molecule has 0 fully saturated rings. The van der Waals surface area contributed by atoms with Crippen LogP contribution in [-0.4, -0.2) is 7.28 Å². The Morgan fingerprint density at radius 2 is 1.82 bits per heavy atom. The zero-order chi connectivity index (χ0) is 8.10. The van der Waals surface area contributed by atoms with Gasteiger partial charge in [0.05, 0.1) is 0 Å². The molecule has 0 unspecified atom stereocenters. The van der Waals surface area contributed by atoms with Gasteiger partial charge in [-0.15, -0.1) is 0 Å². The summed E-state index contributed by atoms with van der Waals surface area (Å²) in [6.07, 6.45) is 2.27. The monoisotopic (exact) mass is 145 g/mol. The van der Waals surface area contributed by atoms with Gasteiger partial charge in [0, 0.05) is 0 Å². The Labute approximate surface area is 69.9 Å². The van der Waals surface area contributed by atoms with Gasteiger partial charge in [0.25, 0.3) is 0 Å². The average molecular weight is 145 g/mol. The lowest BCUT2D eigenvalue weighted by Crippen LogP contribution is -1.93. The lowest BCUT2D eigenvalue weighted by atomic mass is 9.69. The number of hydrogen-bond donors (Lipinski definition) is 0. The third-order valence-corrected chi connectivity index (χ3v) is 1.79. The van der Waals surface area contributed by atoms with Gasteiger partial charge in [-0.05, 0) is 6.92 Å². The zero-order valence-electron chi connectivity index (χ0n) is 7.30. The van der Waals surface area contributed by atoms with Gasteiger partial charge in [0.1, 0.15) is 7.28 Å². The molecule has 0 saturated heterocycles. The Morgan fingerprint density at radius 1 is 1.18 bits per heavy atom. The van der Waals surface area contributed by atoms with E-state index in [4.69, 9.17) is 0 Å². The summed E-state index contributed by atoms with van der Waals surface area (Å²) >= 11 is 0. The lowest BCUT2D eigenvalue weighted by Gasteiger charge is -1.98. The van der Waals surface area contributed by atoms with Crippen LogP contribution in [0.5, 0.6) is 0 Å². The maximum atomic E-state index is 2.30. The topological polar surface area (TPSA) is 0 Å². The van der Waals surface area contributed by atoms with Gasteiger partial charge in [-0.25, -0.2) is 0 Å². The van der Waals surface area contributed by atoms with Crippen LogP contribution in [0.4, 0.5) is 0 Å². The lowest BCUT2D eigenvalue weighted by molar-refractivity contribution is 1.31. The van der Waals surface area contributed by atoms with E-state index in [1.165, 1.54) is 11.1 Å². The van der Waals surface area contributed by atoms with E-state index in [9.17, 15) is 0 Å². The van der Waals surface area contributed by atoms with Crippen LogP contribution < -0.4 is 0 Å². The molecule has 11 heavy (non-hydrogen) atoms. The van der Waals surface area contributed by atoms with E-state index in [1.54, 1.807) is 0 Å². The first-order valence-corrected chi connectivity index (χ1v) is 4.20. The predicted molar refractivity (Wildman–Crippen MR) is 51.1 cm³/mol. The van der Waals surface area contributed by atoms with Gasteiger partial charge in [-0.2, -0.15) is 0 Å². The SMILES string of the molecule is CC[B]Cc1ccc(C)cc1. The highest BCUT2D eigenvalue weighted by molar-refractivity contribution is 6.34. The minimum absolute atomic E-state index is 1.11. The van der Waals surface area contributed by atoms with Crippen LogP contribution >= 0.6 is 0 Å². The fraction of sp³-hybridized carbons (Fsp3) is 0.400. The van der Waals surface area contributed by atoms with Gasteiger partial charge in [-0.3, -0.25) is 0 Å². The third-order valence-electron chi connectivity index (χ3n) is 1.79. The molecule has 0 nitrogen and oxygen atoms in total. The van der Waals surface area contributed by atoms with Crippen LogP contribution in [0.2, 0.25) is 6.32 Å². The standard InChI is InChI=1S/C10H14B/c1-3-11-8-10-6-4-9(2)5-7-10/h4-7H,3,8H2,1-2H3. The van der Waals surface area contributed by atoms with Crippen LogP contribution in [0.3, 0.4) is 0 Å². The van der Waals surface area contributed by atoms with Crippen molar-refractivity contribution in [3.8, 4) is 0 Å². The normalized spacial score (nSPS) is 9.64. The Bertz CT molecular complexity index is 201. The molecule has 0 amide bonds. The summed E-state index contributed by atoms with van der Waals surface area (Å²) in [5.74, 6) is 0. The van der Waals surface area contributed by atoms with Crippen molar-refractivity contribution in [2.75, 3.05) is 0 Å². The minimum Gasteiger partial charge on any atom is -0.0827 e. The summed E-state index contributed by atoms with van der Waals surface area (Å²) in [5.41, 5.74) is 2.75.